The average Bonchev–Trinajstić information content (AvgIpc) is 2.46. The lowest BCUT2D eigenvalue weighted by Crippen LogP contribution is -2.44. The topological polar surface area (TPSA) is 118 Å². The Morgan fingerprint density at radius 1 is 1.43 bits per heavy atom. The van der Waals surface area contributed by atoms with Gasteiger partial charge in [-0.25, -0.2) is 8.42 Å². The summed E-state index contributed by atoms with van der Waals surface area (Å²) >= 11 is 5.86. The Kier molecular flexibility index (Phi) is 6.48. The van der Waals surface area contributed by atoms with Crippen LogP contribution in [0.3, 0.4) is 0 Å². The first-order valence-electron chi connectivity index (χ1n) is 6.84. The minimum absolute atomic E-state index is 0.0392. The summed E-state index contributed by atoms with van der Waals surface area (Å²) in [5, 5.41) is 13.5. The van der Waals surface area contributed by atoms with Gasteiger partial charge < -0.3 is 5.32 Å². The lowest BCUT2D eigenvalue weighted by atomic mass is 10.2. The van der Waals surface area contributed by atoms with Crippen molar-refractivity contribution in [3.05, 3.63) is 32.8 Å². The Balaban J connectivity index is 3.10. The summed E-state index contributed by atoms with van der Waals surface area (Å²) in [7, 11) is -4.12. The SMILES string of the molecule is CCCNC(=O)[C@@H](C)NS(=O)(=O)c1cc(Cl)c(C)c([N+](=O)[O-])c1. The van der Waals surface area contributed by atoms with Crippen LogP contribution < -0.4 is 10.0 Å². The molecule has 1 rings (SSSR count). The highest BCUT2D eigenvalue weighted by Crippen LogP contribution is 2.29. The van der Waals surface area contributed by atoms with Gasteiger partial charge in [0.2, 0.25) is 15.9 Å². The molecule has 1 amide bonds. The Morgan fingerprint density at radius 2 is 2.04 bits per heavy atom. The summed E-state index contributed by atoms with van der Waals surface area (Å²) in [6.07, 6.45) is 0.713. The Hall–Kier alpha value is -1.71. The highest BCUT2D eigenvalue weighted by Gasteiger charge is 2.25. The Labute approximate surface area is 139 Å². The van der Waals surface area contributed by atoms with E-state index in [0.717, 1.165) is 12.1 Å². The predicted octanol–water partition coefficient (Wildman–Crippen LogP) is 1.75. The summed E-state index contributed by atoms with van der Waals surface area (Å²) in [6.45, 7) is 5.09. The zero-order chi connectivity index (χ0) is 17.8. The fourth-order valence-corrected chi connectivity index (χ4v) is 3.27. The van der Waals surface area contributed by atoms with Crippen LogP contribution in [-0.2, 0) is 14.8 Å². The number of nitro groups is 1. The molecule has 0 heterocycles. The summed E-state index contributed by atoms with van der Waals surface area (Å²) in [5.74, 6) is -0.483. The van der Waals surface area contributed by atoms with Crippen molar-refractivity contribution in [3.8, 4) is 0 Å². The summed E-state index contributed by atoms with van der Waals surface area (Å²) in [6, 6.07) is 1.01. The quantitative estimate of drug-likeness (QED) is 0.565. The molecule has 0 saturated heterocycles. The highest BCUT2D eigenvalue weighted by molar-refractivity contribution is 7.89. The third-order valence-corrected chi connectivity index (χ3v) is 4.98. The van der Waals surface area contributed by atoms with Gasteiger partial charge in [0, 0.05) is 18.2 Å². The lowest BCUT2D eigenvalue weighted by Gasteiger charge is -2.14. The van der Waals surface area contributed by atoms with Crippen molar-refractivity contribution >= 4 is 33.2 Å². The van der Waals surface area contributed by atoms with Crippen LogP contribution in [0.15, 0.2) is 17.0 Å². The monoisotopic (exact) mass is 363 g/mol. The summed E-state index contributed by atoms with van der Waals surface area (Å²) in [4.78, 5) is 21.6. The molecule has 0 aliphatic carbocycles. The highest BCUT2D eigenvalue weighted by atomic mass is 35.5. The molecule has 2 N–H and O–H groups in total. The molecule has 1 aromatic carbocycles. The summed E-state index contributed by atoms with van der Waals surface area (Å²) < 4.78 is 26.7. The van der Waals surface area contributed by atoms with Crippen molar-refractivity contribution in [2.24, 2.45) is 0 Å². The van der Waals surface area contributed by atoms with E-state index in [9.17, 15) is 23.3 Å². The molecule has 0 fully saturated rings. The number of halogens is 1. The van der Waals surface area contributed by atoms with Crippen molar-refractivity contribution < 1.29 is 18.1 Å². The van der Waals surface area contributed by atoms with Gasteiger partial charge in [-0.2, -0.15) is 4.72 Å². The molecule has 0 aliphatic heterocycles. The number of carbonyl (C=O) groups is 1. The average molecular weight is 364 g/mol. The van der Waals surface area contributed by atoms with E-state index in [1.165, 1.54) is 13.8 Å². The minimum Gasteiger partial charge on any atom is -0.355 e. The van der Waals surface area contributed by atoms with E-state index in [1.807, 2.05) is 6.92 Å². The van der Waals surface area contributed by atoms with Gasteiger partial charge in [-0.3, -0.25) is 14.9 Å². The standard InChI is InChI=1S/C13H18ClN3O5S/c1-4-5-15-13(18)9(3)16-23(21,22)10-6-11(14)8(2)12(7-10)17(19)20/h6-7,9,16H,4-5H2,1-3H3,(H,15,18)/t9-/m1/s1. The molecule has 0 radical (unpaired) electrons. The lowest BCUT2D eigenvalue weighted by molar-refractivity contribution is -0.385. The first-order valence-corrected chi connectivity index (χ1v) is 8.70. The van der Waals surface area contributed by atoms with Gasteiger partial charge in [0.25, 0.3) is 5.69 Å². The van der Waals surface area contributed by atoms with Crippen molar-refractivity contribution in [1.29, 1.82) is 0 Å². The van der Waals surface area contributed by atoms with Crippen LogP contribution in [0.25, 0.3) is 0 Å². The van der Waals surface area contributed by atoms with E-state index in [-0.39, 0.29) is 15.5 Å². The molecule has 0 spiro atoms. The first-order chi connectivity index (χ1) is 10.6. The second kappa shape index (κ2) is 7.71. The van der Waals surface area contributed by atoms with Gasteiger partial charge in [0.1, 0.15) is 0 Å². The Bertz CT molecular complexity index is 721. The first kappa shape index (κ1) is 19.3. The number of benzene rings is 1. The van der Waals surface area contributed by atoms with Crippen LogP contribution >= 0.6 is 11.6 Å². The maximum Gasteiger partial charge on any atom is 0.275 e. The number of nitrogens with one attached hydrogen (secondary N) is 2. The third kappa shape index (κ3) is 4.88. The molecule has 8 nitrogen and oxygen atoms in total. The van der Waals surface area contributed by atoms with Crippen LogP contribution in [-0.4, -0.2) is 31.8 Å². The number of nitro benzene ring substituents is 1. The minimum atomic E-state index is -4.12. The van der Waals surface area contributed by atoms with E-state index in [4.69, 9.17) is 11.6 Å². The number of hydrogen-bond acceptors (Lipinski definition) is 5. The predicted molar refractivity (Wildman–Crippen MR) is 85.9 cm³/mol. The van der Waals surface area contributed by atoms with Gasteiger partial charge >= 0.3 is 0 Å². The number of rotatable bonds is 7. The fraction of sp³-hybridized carbons (Fsp3) is 0.462. The smallest absolute Gasteiger partial charge is 0.275 e. The zero-order valence-electron chi connectivity index (χ0n) is 12.9. The van der Waals surface area contributed by atoms with Crippen LogP contribution in [0.5, 0.6) is 0 Å². The molecule has 0 unspecified atom stereocenters. The fourth-order valence-electron chi connectivity index (χ4n) is 1.74. The molecule has 23 heavy (non-hydrogen) atoms. The van der Waals surface area contributed by atoms with E-state index >= 15 is 0 Å². The Morgan fingerprint density at radius 3 is 2.57 bits per heavy atom. The van der Waals surface area contributed by atoms with Crippen LogP contribution in [0.4, 0.5) is 5.69 Å². The molecule has 0 aliphatic rings. The van der Waals surface area contributed by atoms with Gasteiger partial charge in [-0.15, -0.1) is 0 Å². The maximum atomic E-state index is 12.3. The maximum absolute atomic E-state index is 12.3. The van der Waals surface area contributed by atoms with E-state index < -0.39 is 32.6 Å². The molecular formula is C13H18ClN3O5S. The van der Waals surface area contributed by atoms with Crippen LogP contribution in [0.1, 0.15) is 25.8 Å². The molecule has 1 atom stereocenters. The third-order valence-electron chi connectivity index (χ3n) is 3.07. The number of nitrogens with zero attached hydrogens (tertiary/aromatic N) is 1. The van der Waals surface area contributed by atoms with Crippen molar-refractivity contribution in [2.75, 3.05) is 6.54 Å². The van der Waals surface area contributed by atoms with E-state index in [0.29, 0.717) is 13.0 Å². The zero-order valence-corrected chi connectivity index (χ0v) is 14.5. The van der Waals surface area contributed by atoms with Gasteiger partial charge in [0.15, 0.2) is 0 Å². The van der Waals surface area contributed by atoms with E-state index in [1.54, 1.807) is 0 Å². The van der Waals surface area contributed by atoms with Crippen molar-refractivity contribution in [3.63, 3.8) is 0 Å². The number of hydrogen-bond donors (Lipinski definition) is 2. The van der Waals surface area contributed by atoms with Crippen molar-refractivity contribution in [2.45, 2.75) is 38.1 Å². The largest absolute Gasteiger partial charge is 0.355 e. The number of sulfonamides is 1. The molecule has 0 bridgehead atoms. The summed E-state index contributed by atoms with van der Waals surface area (Å²) in [5.41, 5.74) is -0.231. The van der Waals surface area contributed by atoms with Gasteiger partial charge in [-0.05, 0) is 26.3 Å². The number of carbonyl (C=O) groups excluding carboxylic acids is 1. The van der Waals surface area contributed by atoms with E-state index in [2.05, 4.69) is 10.0 Å². The number of amides is 1. The van der Waals surface area contributed by atoms with Crippen molar-refractivity contribution in [1.82, 2.24) is 10.0 Å². The van der Waals surface area contributed by atoms with Gasteiger partial charge in [0.05, 0.1) is 20.9 Å². The molecule has 1 aromatic rings. The molecule has 128 valence electrons. The van der Waals surface area contributed by atoms with Crippen LogP contribution in [0, 0.1) is 17.0 Å². The second-order valence-corrected chi connectivity index (χ2v) is 7.06. The molecular weight excluding hydrogens is 346 g/mol. The molecule has 0 aromatic heterocycles. The molecule has 0 saturated carbocycles. The van der Waals surface area contributed by atoms with Crippen LogP contribution in [0.2, 0.25) is 5.02 Å². The second-order valence-electron chi connectivity index (χ2n) is 4.94. The van der Waals surface area contributed by atoms with Gasteiger partial charge in [-0.1, -0.05) is 18.5 Å². The normalized spacial score (nSPS) is 12.7. The molecule has 10 heteroatoms.